The number of benzene rings is 2. The third-order valence-corrected chi connectivity index (χ3v) is 7.86. The third kappa shape index (κ3) is 5.39. The Balaban J connectivity index is 1.23. The minimum absolute atomic E-state index is 0.00356. The lowest BCUT2D eigenvalue weighted by atomic mass is 9.97. The van der Waals surface area contributed by atoms with Gasteiger partial charge in [0.1, 0.15) is 11.5 Å². The van der Waals surface area contributed by atoms with Crippen LogP contribution in [0.1, 0.15) is 41.2 Å². The van der Waals surface area contributed by atoms with E-state index in [2.05, 4.69) is 50.1 Å². The number of piperazine rings is 1. The Morgan fingerprint density at radius 3 is 2.58 bits per heavy atom. The van der Waals surface area contributed by atoms with Gasteiger partial charge in [-0.3, -0.25) is 14.4 Å². The van der Waals surface area contributed by atoms with Crippen molar-refractivity contribution in [1.82, 2.24) is 34.6 Å². The molecule has 198 valence electrons. The fraction of sp³-hybridized carbons (Fsp3) is 0.333. The molecule has 1 aliphatic heterocycles. The minimum Gasteiger partial charge on any atom is -0.336 e. The molecule has 2 aromatic carbocycles. The summed E-state index contributed by atoms with van der Waals surface area (Å²) in [5.41, 5.74) is 3.34. The van der Waals surface area contributed by atoms with Gasteiger partial charge in [0.2, 0.25) is 0 Å². The van der Waals surface area contributed by atoms with Crippen molar-refractivity contribution in [3.8, 4) is 5.69 Å². The number of amides is 1. The first-order valence-corrected chi connectivity index (χ1v) is 13.5. The van der Waals surface area contributed by atoms with Crippen molar-refractivity contribution in [1.29, 1.82) is 0 Å². The smallest absolute Gasteiger partial charge is 0.257 e. The standard InChI is InChI=1S/C27H28BrClFN7O/c1-18-22(16-36(32-18)15-19-5-4-6-20(28)13-19)26(38)34-9-11-35(12-10-34)27(2,3)25-17-37(33-31-25)21-7-8-23(29)24(30)14-21/h4-8,13-14,16-17H,9-12,15H2,1-3H3. The topological polar surface area (TPSA) is 72.1 Å². The van der Waals surface area contributed by atoms with E-state index in [-0.39, 0.29) is 10.9 Å². The van der Waals surface area contributed by atoms with Gasteiger partial charge in [-0.1, -0.05) is 44.9 Å². The van der Waals surface area contributed by atoms with E-state index in [9.17, 15) is 9.18 Å². The van der Waals surface area contributed by atoms with Gasteiger partial charge in [0, 0.05) is 42.9 Å². The average molecular weight is 601 g/mol. The Kier molecular flexibility index (Phi) is 7.39. The van der Waals surface area contributed by atoms with Gasteiger partial charge < -0.3 is 4.90 Å². The summed E-state index contributed by atoms with van der Waals surface area (Å²) in [6.07, 6.45) is 3.65. The number of aromatic nitrogens is 5. The second-order valence-corrected chi connectivity index (χ2v) is 11.3. The van der Waals surface area contributed by atoms with Crippen molar-refractivity contribution in [3.05, 3.63) is 92.7 Å². The molecule has 4 aromatic rings. The molecular weight excluding hydrogens is 573 g/mol. The number of halogens is 3. The molecule has 0 N–H and O–H groups in total. The van der Waals surface area contributed by atoms with Crippen molar-refractivity contribution < 1.29 is 9.18 Å². The van der Waals surface area contributed by atoms with E-state index in [1.54, 1.807) is 10.7 Å². The Morgan fingerprint density at radius 1 is 1.11 bits per heavy atom. The zero-order valence-corrected chi connectivity index (χ0v) is 23.7. The van der Waals surface area contributed by atoms with Crippen LogP contribution in [0, 0.1) is 12.7 Å². The van der Waals surface area contributed by atoms with Crippen LogP contribution in [0.2, 0.25) is 5.02 Å². The number of carbonyl (C=O) groups excluding carboxylic acids is 1. The van der Waals surface area contributed by atoms with Crippen LogP contribution in [0.25, 0.3) is 5.69 Å². The molecule has 0 atom stereocenters. The van der Waals surface area contributed by atoms with Gasteiger partial charge >= 0.3 is 0 Å². The Morgan fingerprint density at radius 2 is 1.87 bits per heavy atom. The summed E-state index contributed by atoms with van der Waals surface area (Å²) in [6, 6.07) is 12.6. The van der Waals surface area contributed by atoms with Gasteiger partial charge in [-0.25, -0.2) is 9.07 Å². The molecule has 8 nitrogen and oxygen atoms in total. The maximum absolute atomic E-state index is 13.9. The lowest BCUT2D eigenvalue weighted by molar-refractivity contribution is 0.0378. The molecule has 0 aliphatic carbocycles. The van der Waals surface area contributed by atoms with Crippen molar-refractivity contribution in [2.75, 3.05) is 26.2 Å². The quantitative estimate of drug-likeness (QED) is 0.309. The molecular formula is C27H28BrClFN7O. The fourth-order valence-corrected chi connectivity index (χ4v) is 5.29. The molecule has 2 aromatic heterocycles. The second-order valence-electron chi connectivity index (χ2n) is 9.94. The average Bonchev–Trinajstić information content (AvgIpc) is 3.53. The van der Waals surface area contributed by atoms with Crippen molar-refractivity contribution in [3.63, 3.8) is 0 Å². The van der Waals surface area contributed by atoms with Crippen LogP contribution in [0.5, 0.6) is 0 Å². The van der Waals surface area contributed by atoms with E-state index in [0.29, 0.717) is 44.0 Å². The van der Waals surface area contributed by atoms with E-state index in [0.717, 1.165) is 21.4 Å². The normalized spacial score (nSPS) is 14.7. The lowest BCUT2D eigenvalue weighted by Crippen LogP contribution is -2.54. The van der Waals surface area contributed by atoms with Crippen LogP contribution >= 0.6 is 27.5 Å². The molecule has 5 rings (SSSR count). The van der Waals surface area contributed by atoms with Gasteiger partial charge in [-0.15, -0.1) is 5.10 Å². The molecule has 0 bridgehead atoms. The molecule has 1 aliphatic rings. The van der Waals surface area contributed by atoms with Crippen LogP contribution in [-0.4, -0.2) is 66.7 Å². The van der Waals surface area contributed by atoms with E-state index >= 15 is 0 Å². The first-order valence-electron chi connectivity index (χ1n) is 12.3. The zero-order valence-electron chi connectivity index (χ0n) is 21.4. The van der Waals surface area contributed by atoms with Crippen LogP contribution in [-0.2, 0) is 12.1 Å². The highest BCUT2D eigenvalue weighted by atomic mass is 79.9. The van der Waals surface area contributed by atoms with Gasteiger partial charge in [0.05, 0.1) is 40.2 Å². The van der Waals surface area contributed by atoms with E-state index in [1.807, 2.05) is 53.2 Å². The highest BCUT2D eigenvalue weighted by Crippen LogP contribution is 2.28. The van der Waals surface area contributed by atoms with Crippen LogP contribution in [0.3, 0.4) is 0 Å². The van der Waals surface area contributed by atoms with Gasteiger partial charge in [0.15, 0.2) is 0 Å². The minimum atomic E-state index is -0.504. The fourth-order valence-electron chi connectivity index (χ4n) is 4.73. The number of aryl methyl sites for hydroxylation is 1. The summed E-state index contributed by atoms with van der Waals surface area (Å²) in [5, 5.41) is 13.2. The molecule has 0 spiro atoms. The van der Waals surface area contributed by atoms with E-state index in [1.165, 1.54) is 12.1 Å². The second kappa shape index (κ2) is 10.6. The molecule has 11 heteroatoms. The van der Waals surface area contributed by atoms with Gasteiger partial charge in [-0.05, 0) is 50.6 Å². The molecule has 1 fully saturated rings. The number of rotatable bonds is 6. The Hall–Kier alpha value is -3.08. The summed E-state index contributed by atoms with van der Waals surface area (Å²) in [7, 11) is 0. The van der Waals surface area contributed by atoms with Crippen molar-refractivity contribution in [2.45, 2.75) is 32.9 Å². The molecule has 38 heavy (non-hydrogen) atoms. The van der Waals surface area contributed by atoms with Crippen LogP contribution in [0.4, 0.5) is 4.39 Å². The molecule has 0 radical (unpaired) electrons. The maximum Gasteiger partial charge on any atom is 0.257 e. The lowest BCUT2D eigenvalue weighted by Gasteiger charge is -2.43. The molecule has 0 saturated carbocycles. The summed E-state index contributed by atoms with van der Waals surface area (Å²) >= 11 is 9.31. The first-order chi connectivity index (χ1) is 18.1. The zero-order chi connectivity index (χ0) is 27.0. The third-order valence-electron chi connectivity index (χ3n) is 7.06. The number of carbonyl (C=O) groups is 1. The van der Waals surface area contributed by atoms with Gasteiger partial charge in [-0.2, -0.15) is 5.10 Å². The number of hydrogen-bond donors (Lipinski definition) is 0. The van der Waals surface area contributed by atoms with Crippen LogP contribution < -0.4 is 0 Å². The monoisotopic (exact) mass is 599 g/mol. The maximum atomic E-state index is 13.9. The summed E-state index contributed by atoms with van der Waals surface area (Å²) in [6.45, 7) is 9.19. The molecule has 0 unspecified atom stereocenters. The number of hydrogen-bond acceptors (Lipinski definition) is 5. The molecule has 1 amide bonds. The molecule has 3 heterocycles. The summed E-state index contributed by atoms with van der Waals surface area (Å²) < 4.78 is 18.3. The van der Waals surface area contributed by atoms with Crippen molar-refractivity contribution in [2.24, 2.45) is 0 Å². The van der Waals surface area contributed by atoms with Crippen molar-refractivity contribution >= 4 is 33.4 Å². The van der Waals surface area contributed by atoms with Crippen LogP contribution in [0.15, 0.2) is 59.3 Å². The summed E-state index contributed by atoms with van der Waals surface area (Å²) in [5.74, 6) is -0.508. The predicted molar refractivity (Wildman–Crippen MR) is 147 cm³/mol. The Bertz CT molecular complexity index is 1480. The predicted octanol–water partition coefficient (Wildman–Crippen LogP) is 5.07. The largest absolute Gasteiger partial charge is 0.336 e. The molecule has 1 saturated heterocycles. The highest BCUT2D eigenvalue weighted by Gasteiger charge is 2.35. The summed E-state index contributed by atoms with van der Waals surface area (Å²) in [4.78, 5) is 17.5. The van der Waals surface area contributed by atoms with Gasteiger partial charge in [0.25, 0.3) is 5.91 Å². The van der Waals surface area contributed by atoms with E-state index in [4.69, 9.17) is 11.6 Å². The SMILES string of the molecule is Cc1nn(Cc2cccc(Br)c2)cc1C(=O)N1CCN(C(C)(C)c2cn(-c3ccc(Cl)c(F)c3)nn2)CC1. The Labute approximate surface area is 234 Å². The first kappa shape index (κ1) is 26.5. The number of nitrogens with zero attached hydrogens (tertiary/aromatic N) is 7. The van der Waals surface area contributed by atoms with E-state index < -0.39 is 11.4 Å². The highest BCUT2D eigenvalue weighted by molar-refractivity contribution is 9.10.